The Hall–Kier alpha value is -0.260. The normalized spacial score (nSPS) is 49.3. The number of rotatable bonds is 0. The van der Waals surface area contributed by atoms with Crippen molar-refractivity contribution in [2.75, 3.05) is 0 Å². The lowest BCUT2D eigenvalue weighted by Crippen LogP contribution is -1.61. The molecule has 0 radical (unpaired) electrons. The van der Waals surface area contributed by atoms with Gasteiger partial charge in [-0.1, -0.05) is 12.2 Å². The van der Waals surface area contributed by atoms with Gasteiger partial charge in [0.15, 0.2) is 0 Å². The molecular formula is C6H8. The maximum Gasteiger partial charge on any atom is -0.0199 e. The Morgan fingerprint density at radius 1 is 1.50 bits per heavy atom. The minimum Gasteiger partial charge on any atom is -0.0880 e. The van der Waals surface area contributed by atoms with E-state index in [1.165, 1.54) is 12.8 Å². The van der Waals surface area contributed by atoms with E-state index in [1.807, 2.05) is 0 Å². The van der Waals surface area contributed by atoms with Crippen LogP contribution in [0.5, 0.6) is 0 Å². The van der Waals surface area contributed by atoms with Crippen LogP contribution in [0.15, 0.2) is 12.2 Å². The van der Waals surface area contributed by atoms with Crippen LogP contribution in [0.2, 0.25) is 0 Å². The van der Waals surface area contributed by atoms with Crippen LogP contribution in [0.25, 0.3) is 0 Å². The zero-order valence-corrected chi connectivity index (χ0v) is 3.72. The summed E-state index contributed by atoms with van der Waals surface area (Å²) < 4.78 is 0. The summed E-state index contributed by atoms with van der Waals surface area (Å²) >= 11 is 0. The molecule has 0 heteroatoms. The highest BCUT2D eigenvalue weighted by Crippen LogP contribution is 2.46. The summed E-state index contributed by atoms with van der Waals surface area (Å²) in [6, 6.07) is 0. The Kier molecular flexibility index (Phi) is 0.331. The molecule has 1 saturated carbocycles. The molecule has 0 heterocycles. The molecule has 2 rings (SSSR count). The first kappa shape index (κ1) is 2.84. The molecule has 0 amide bonds. The Morgan fingerprint density at radius 2 is 2.50 bits per heavy atom. The zero-order chi connectivity index (χ0) is 3.98. The summed E-state index contributed by atoms with van der Waals surface area (Å²) in [6.07, 6.45) is 7.53. The van der Waals surface area contributed by atoms with Gasteiger partial charge in [-0.15, -0.1) is 0 Å². The van der Waals surface area contributed by atoms with E-state index >= 15 is 0 Å². The molecule has 0 aliphatic heterocycles. The van der Waals surface area contributed by atoms with Crippen LogP contribution in [-0.2, 0) is 0 Å². The topological polar surface area (TPSA) is 0 Å². The maximum atomic E-state index is 2.35. The molecule has 0 saturated heterocycles. The van der Waals surface area contributed by atoms with Gasteiger partial charge in [0.25, 0.3) is 0 Å². The number of allylic oxidation sites excluding steroid dienone is 2. The fourth-order valence-electron chi connectivity index (χ4n) is 1.21. The Morgan fingerprint density at radius 3 is 2.67 bits per heavy atom. The van der Waals surface area contributed by atoms with Crippen molar-refractivity contribution in [3.8, 4) is 0 Å². The summed E-state index contributed by atoms with van der Waals surface area (Å²) in [6.45, 7) is 0. The summed E-state index contributed by atoms with van der Waals surface area (Å²) in [5.41, 5.74) is 0. The van der Waals surface area contributed by atoms with Crippen molar-refractivity contribution < 1.29 is 0 Å². The van der Waals surface area contributed by atoms with Crippen molar-refractivity contribution in [1.82, 2.24) is 0 Å². The van der Waals surface area contributed by atoms with Crippen LogP contribution in [0.4, 0.5) is 0 Å². The van der Waals surface area contributed by atoms with Crippen molar-refractivity contribution in [1.29, 1.82) is 0 Å². The van der Waals surface area contributed by atoms with Gasteiger partial charge < -0.3 is 0 Å². The molecule has 0 aromatic rings. The summed E-state index contributed by atoms with van der Waals surface area (Å²) in [7, 11) is 0. The Labute approximate surface area is 37.9 Å². The molecule has 32 valence electrons. The van der Waals surface area contributed by atoms with Gasteiger partial charge in [0.05, 0.1) is 0 Å². The van der Waals surface area contributed by atoms with E-state index < -0.39 is 0 Å². The molecule has 1 fully saturated rings. The van der Waals surface area contributed by atoms with E-state index in [0.717, 1.165) is 11.8 Å². The average Bonchev–Trinajstić information content (AvgIpc) is 2.17. The second-order valence-corrected chi connectivity index (χ2v) is 2.32. The quantitative estimate of drug-likeness (QED) is 0.387. The molecule has 6 heavy (non-hydrogen) atoms. The minimum absolute atomic E-state index is 1.03. The largest absolute Gasteiger partial charge is 0.0880 e. The molecule has 0 aromatic heterocycles. The SMILES string of the molecule is C1=C[C@@H]2C[C@@H]2C1. The Bertz CT molecular complexity index is 92.2. The molecule has 2 aliphatic carbocycles. The third kappa shape index (κ3) is 0.204. The van der Waals surface area contributed by atoms with Gasteiger partial charge in [-0.25, -0.2) is 0 Å². The van der Waals surface area contributed by atoms with Gasteiger partial charge in [-0.2, -0.15) is 0 Å². The predicted molar refractivity (Wildman–Crippen MR) is 25.4 cm³/mol. The molecule has 0 aromatic carbocycles. The van der Waals surface area contributed by atoms with Crippen LogP contribution < -0.4 is 0 Å². The van der Waals surface area contributed by atoms with Crippen molar-refractivity contribution in [3.63, 3.8) is 0 Å². The van der Waals surface area contributed by atoms with Gasteiger partial charge in [-0.3, -0.25) is 0 Å². The summed E-state index contributed by atoms with van der Waals surface area (Å²) in [5, 5.41) is 0. The molecular weight excluding hydrogens is 72.1 g/mol. The first-order valence-electron chi connectivity index (χ1n) is 2.63. The third-order valence-corrected chi connectivity index (χ3v) is 1.80. The van der Waals surface area contributed by atoms with Crippen molar-refractivity contribution >= 4 is 0 Å². The molecule has 0 nitrogen and oxygen atoms in total. The van der Waals surface area contributed by atoms with E-state index in [-0.39, 0.29) is 0 Å². The van der Waals surface area contributed by atoms with Gasteiger partial charge in [-0.05, 0) is 24.7 Å². The second kappa shape index (κ2) is 0.699. The van der Waals surface area contributed by atoms with Crippen molar-refractivity contribution in [2.24, 2.45) is 11.8 Å². The van der Waals surface area contributed by atoms with Crippen LogP contribution >= 0.6 is 0 Å². The van der Waals surface area contributed by atoms with Crippen molar-refractivity contribution in [3.05, 3.63) is 12.2 Å². The van der Waals surface area contributed by atoms with E-state index in [0.29, 0.717) is 0 Å². The molecule has 0 unspecified atom stereocenters. The summed E-state index contributed by atoms with van der Waals surface area (Å²) in [4.78, 5) is 0. The summed E-state index contributed by atoms with van der Waals surface area (Å²) in [5.74, 6) is 2.13. The molecule has 0 spiro atoms. The number of hydrogen-bond acceptors (Lipinski definition) is 0. The van der Waals surface area contributed by atoms with Gasteiger partial charge in [0, 0.05) is 0 Å². The van der Waals surface area contributed by atoms with E-state index in [9.17, 15) is 0 Å². The van der Waals surface area contributed by atoms with Crippen LogP contribution in [0.3, 0.4) is 0 Å². The van der Waals surface area contributed by atoms with Crippen LogP contribution in [-0.4, -0.2) is 0 Å². The highest BCUT2D eigenvalue weighted by molar-refractivity contribution is 5.11. The van der Waals surface area contributed by atoms with Crippen LogP contribution in [0, 0.1) is 11.8 Å². The van der Waals surface area contributed by atoms with E-state index in [1.54, 1.807) is 0 Å². The van der Waals surface area contributed by atoms with Crippen molar-refractivity contribution in [2.45, 2.75) is 12.8 Å². The minimum atomic E-state index is 1.03. The first-order chi connectivity index (χ1) is 2.97. The highest BCUT2D eigenvalue weighted by Gasteiger charge is 2.36. The molecule has 2 aliphatic rings. The Balaban J connectivity index is 2.26. The number of fused-ring (bicyclic) bond motifs is 1. The fraction of sp³-hybridized carbons (Fsp3) is 0.667. The molecule has 2 atom stereocenters. The zero-order valence-electron chi connectivity index (χ0n) is 3.72. The van der Waals surface area contributed by atoms with Gasteiger partial charge in [0.2, 0.25) is 0 Å². The van der Waals surface area contributed by atoms with Crippen LogP contribution in [0.1, 0.15) is 12.8 Å². The van der Waals surface area contributed by atoms with E-state index in [4.69, 9.17) is 0 Å². The smallest absolute Gasteiger partial charge is 0.0199 e. The molecule has 0 N–H and O–H groups in total. The van der Waals surface area contributed by atoms with Gasteiger partial charge in [0.1, 0.15) is 0 Å². The predicted octanol–water partition coefficient (Wildman–Crippen LogP) is 1.58. The third-order valence-electron chi connectivity index (χ3n) is 1.80. The lowest BCUT2D eigenvalue weighted by atomic mass is 10.3. The first-order valence-corrected chi connectivity index (χ1v) is 2.63. The fourth-order valence-corrected chi connectivity index (χ4v) is 1.21. The molecule has 0 bridgehead atoms. The monoisotopic (exact) mass is 80.1 g/mol. The lowest BCUT2D eigenvalue weighted by Gasteiger charge is -1.72. The van der Waals surface area contributed by atoms with E-state index in [2.05, 4.69) is 12.2 Å². The average molecular weight is 80.1 g/mol. The second-order valence-electron chi connectivity index (χ2n) is 2.32. The standard InChI is InChI=1S/C6H8/c1-2-5-4-6(5)3-1/h1-2,5-6H,3-4H2/t5-,6+/m1/s1. The maximum absolute atomic E-state index is 2.35. The lowest BCUT2D eigenvalue weighted by molar-refractivity contribution is 0.855. The van der Waals surface area contributed by atoms with Gasteiger partial charge >= 0.3 is 0 Å². The highest BCUT2D eigenvalue weighted by atomic mass is 14.4. The number of hydrogen-bond donors (Lipinski definition) is 0.